The van der Waals surface area contributed by atoms with Crippen molar-refractivity contribution in [2.45, 2.75) is 39.5 Å². The summed E-state index contributed by atoms with van der Waals surface area (Å²) in [6, 6.07) is 9.51. The Morgan fingerprint density at radius 1 is 1.30 bits per heavy atom. The summed E-state index contributed by atoms with van der Waals surface area (Å²) in [5, 5.41) is 3.01. The Morgan fingerprint density at radius 2 is 2.15 bits per heavy atom. The number of anilines is 1. The number of piperidine rings is 1. The van der Waals surface area contributed by atoms with Crippen LogP contribution < -0.4 is 5.32 Å². The molecule has 0 radical (unpaired) electrons. The van der Waals surface area contributed by atoms with E-state index in [0.29, 0.717) is 18.8 Å². The van der Waals surface area contributed by atoms with Crippen LogP contribution >= 0.6 is 0 Å². The lowest BCUT2D eigenvalue weighted by Crippen LogP contribution is -2.43. The molecule has 0 saturated carbocycles. The van der Waals surface area contributed by atoms with Crippen LogP contribution in [0.1, 0.15) is 38.4 Å². The Bertz CT molecular complexity index is 821. The highest BCUT2D eigenvalue weighted by molar-refractivity contribution is 5.93. The number of aromatic nitrogens is 2. The van der Waals surface area contributed by atoms with Gasteiger partial charge in [0.05, 0.1) is 11.6 Å². The van der Waals surface area contributed by atoms with Crippen LogP contribution in [0.25, 0.3) is 11.3 Å². The molecule has 1 unspecified atom stereocenters. The molecule has 1 saturated heterocycles. The van der Waals surface area contributed by atoms with E-state index in [9.17, 15) is 9.59 Å². The maximum Gasteiger partial charge on any atom is 0.229 e. The molecule has 1 aliphatic rings. The molecule has 1 aromatic heterocycles. The molecule has 1 atom stereocenters. The number of aryl methyl sites for hydroxylation is 1. The molecule has 2 aromatic rings. The molecule has 142 valence electrons. The summed E-state index contributed by atoms with van der Waals surface area (Å²) >= 11 is 0. The maximum atomic E-state index is 12.7. The van der Waals surface area contributed by atoms with Crippen LogP contribution in [0.15, 0.2) is 36.5 Å². The van der Waals surface area contributed by atoms with Gasteiger partial charge in [0.1, 0.15) is 5.82 Å². The lowest BCUT2D eigenvalue weighted by Gasteiger charge is -2.32. The van der Waals surface area contributed by atoms with Gasteiger partial charge in [0, 0.05) is 37.0 Å². The molecule has 0 bridgehead atoms. The Balaban J connectivity index is 1.67. The monoisotopic (exact) mass is 366 g/mol. The van der Waals surface area contributed by atoms with Gasteiger partial charge in [-0.05, 0) is 44.4 Å². The summed E-state index contributed by atoms with van der Waals surface area (Å²) in [6.45, 7) is 5.11. The van der Waals surface area contributed by atoms with Gasteiger partial charge in [-0.15, -0.1) is 0 Å². The van der Waals surface area contributed by atoms with Gasteiger partial charge < -0.3 is 10.2 Å². The summed E-state index contributed by atoms with van der Waals surface area (Å²) in [5.74, 6) is 0.668. The fourth-order valence-electron chi connectivity index (χ4n) is 3.41. The van der Waals surface area contributed by atoms with E-state index in [1.54, 1.807) is 6.20 Å². The fourth-order valence-corrected chi connectivity index (χ4v) is 3.41. The molecule has 1 fully saturated rings. The number of carbonyl (C=O) groups is 2. The maximum absolute atomic E-state index is 12.7. The molecule has 2 heterocycles. The predicted octanol–water partition coefficient (Wildman–Crippen LogP) is 3.43. The van der Waals surface area contributed by atoms with Gasteiger partial charge in [-0.25, -0.2) is 9.97 Å². The van der Waals surface area contributed by atoms with Crippen LogP contribution in [-0.4, -0.2) is 39.8 Å². The first-order valence-corrected chi connectivity index (χ1v) is 9.55. The zero-order chi connectivity index (χ0) is 19.2. The zero-order valence-electron chi connectivity index (χ0n) is 15.9. The third kappa shape index (κ3) is 4.90. The van der Waals surface area contributed by atoms with Crippen molar-refractivity contribution in [2.24, 2.45) is 5.92 Å². The minimum absolute atomic E-state index is 0.0278. The number of hydrogen-bond donors (Lipinski definition) is 1. The van der Waals surface area contributed by atoms with Crippen molar-refractivity contribution in [1.82, 2.24) is 14.9 Å². The number of likely N-dealkylation sites (tertiary alicyclic amines) is 1. The van der Waals surface area contributed by atoms with E-state index in [1.807, 2.05) is 49.1 Å². The number of rotatable bonds is 5. The lowest BCUT2D eigenvalue weighted by molar-refractivity contribution is -0.134. The molecule has 1 aliphatic heterocycles. The molecule has 1 N–H and O–H groups in total. The van der Waals surface area contributed by atoms with E-state index < -0.39 is 0 Å². The minimum atomic E-state index is -0.162. The SMILES string of the molecule is CCCC(=O)N1CCCC(C(=O)Nc2cccc(-c3ccnc(C)n3)c2)C1. The standard InChI is InChI=1S/C21H26N4O2/c1-3-6-20(26)25-12-5-8-17(14-25)21(27)24-18-9-4-7-16(13-18)19-10-11-22-15(2)23-19/h4,7,9-11,13,17H,3,5-6,8,12,14H2,1-2H3,(H,24,27). The van der Waals surface area contributed by atoms with Crippen LogP contribution in [0.3, 0.4) is 0 Å². The van der Waals surface area contributed by atoms with Crippen molar-refractivity contribution in [3.05, 3.63) is 42.4 Å². The highest BCUT2D eigenvalue weighted by Crippen LogP contribution is 2.23. The third-order valence-electron chi connectivity index (χ3n) is 4.81. The van der Waals surface area contributed by atoms with Crippen molar-refractivity contribution in [2.75, 3.05) is 18.4 Å². The minimum Gasteiger partial charge on any atom is -0.342 e. The summed E-state index contributed by atoms with van der Waals surface area (Å²) in [7, 11) is 0. The summed E-state index contributed by atoms with van der Waals surface area (Å²) in [5.41, 5.74) is 2.50. The number of carbonyl (C=O) groups excluding carboxylic acids is 2. The van der Waals surface area contributed by atoms with Crippen LogP contribution in [0, 0.1) is 12.8 Å². The number of nitrogens with one attached hydrogen (secondary N) is 1. The van der Waals surface area contributed by atoms with E-state index in [-0.39, 0.29) is 17.7 Å². The molecule has 0 aliphatic carbocycles. The highest BCUT2D eigenvalue weighted by Gasteiger charge is 2.28. The third-order valence-corrected chi connectivity index (χ3v) is 4.81. The van der Waals surface area contributed by atoms with Crippen molar-refractivity contribution in [1.29, 1.82) is 0 Å². The first kappa shape index (κ1) is 19.0. The fraction of sp³-hybridized carbons (Fsp3) is 0.429. The Hall–Kier alpha value is -2.76. The summed E-state index contributed by atoms with van der Waals surface area (Å²) < 4.78 is 0. The molecule has 1 aromatic carbocycles. The average molecular weight is 366 g/mol. The normalized spacial score (nSPS) is 16.8. The number of amides is 2. The highest BCUT2D eigenvalue weighted by atomic mass is 16.2. The second kappa shape index (κ2) is 8.75. The molecular formula is C21H26N4O2. The molecule has 6 heteroatoms. The Morgan fingerprint density at radius 3 is 2.93 bits per heavy atom. The quantitative estimate of drug-likeness (QED) is 0.880. The van der Waals surface area contributed by atoms with Crippen molar-refractivity contribution in [3.63, 3.8) is 0 Å². The van der Waals surface area contributed by atoms with E-state index in [4.69, 9.17) is 0 Å². The summed E-state index contributed by atoms with van der Waals surface area (Å²) in [6.07, 6.45) is 4.80. The van der Waals surface area contributed by atoms with E-state index in [1.165, 1.54) is 0 Å². The van der Waals surface area contributed by atoms with Gasteiger partial charge in [-0.2, -0.15) is 0 Å². The topological polar surface area (TPSA) is 75.2 Å². The van der Waals surface area contributed by atoms with E-state index >= 15 is 0 Å². The van der Waals surface area contributed by atoms with Crippen LogP contribution in [0.2, 0.25) is 0 Å². The number of hydrogen-bond acceptors (Lipinski definition) is 4. The van der Waals surface area contributed by atoms with Crippen LogP contribution in [-0.2, 0) is 9.59 Å². The average Bonchev–Trinajstić information content (AvgIpc) is 2.68. The van der Waals surface area contributed by atoms with Crippen molar-refractivity contribution < 1.29 is 9.59 Å². The van der Waals surface area contributed by atoms with Crippen LogP contribution in [0.4, 0.5) is 5.69 Å². The van der Waals surface area contributed by atoms with Crippen molar-refractivity contribution >= 4 is 17.5 Å². The van der Waals surface area contributed by atoms with Crippen LogP contribution in [0.5, 0.6) is 0 Å². The van der Waals surface area contributed by atoms with Gasteiger partial charge >= 0.3 is 0 Å². The lowest BCUT2D eigenvalue weighted by atomic mass is 9.96. The first-order valence-electron chi connectivity index (χ1n) is 9.55. The predicted molar refractivity (Wildman–Crippen MR) is 105 cm³/mol. The smallest absolute Gasteiger partial charge is 0.229 e. The van der Waals surface area contributed by atoms with Gasteiger partial charge in [-0.3, -0.25) is 9.59 Å². The van der Waals surface area contributed by atoms with Gasteiger partial charge in [0.2, 0.25) is 11.8 Å². The number of benzene rings is 1. The van der Waals surface area contributed by atoms with E-state index in [0.717, 1.165) is 42.8 Å². The van der Waals surface area contributed by atoms with Gasteiger partial charge in [0.15, 0.2) is 0 Å². The first-order chi connectivity index (χ1) is 13.1. The molecular weight excluding hydrogens is 340 g/mol. The van der Waals surface area contributed by atoms with E-state index in [2.05, 4.69) is 15.3 Å². The molecule has 6 nitrogen and oxygen atoms in total. The Kier molecular flexibility index (Phi) is 6.16. The second-order valence-corrected chi connectivity index (χ2v) is 6.99. The molecule has 2 amide bonds. The number of nitrogens with zero attached hydrogens (tertiary/aromatic N) is 3. The van der Waals surface area contributed by atoms with Crippen molar-refractivity contribution in [3.8, 4) is 11.3 Å². The molecule has 27 heavy (non-hydrogen) atoms. The second-order valence-electron chi connectivity index (χ2n) is 6.99. The molecule has 3 rings (SSSR count). The van der Waals surface area contributed by atoms with Gasteiger partial charge in [-0.1, -0.05) is 19.1 Å². The Labute approximate surface area is 160 Å². The molecule has 0 spiro atoms. The largest absolute Gasteiger partial charge is 0.342 e. The van der Waals surface area contributed by atoms with Gasteiger partial charge in [0.25, 0.3) is 0 Å². The zero-order valence-corrected chi connectivity index (χ0v) is 15.9. The summed E-state index contributed by atoms with van der Waals surface area (Å²) in [4.78, 5) is 35.2.